The minimum Gasteiger partial charge on any atom is -0.294 e. The van der Waals surface area contributed by atoms with Crippen LogP contribution in [-0.4, -0.2) is 24.4 Å². The zero-order valence-electron chi connectivity index (χ0n) is 12.1. The molecular formula is C12H19N5S2. The molecule has 104 valence electrons. The first-order chi connectivity index (χ1) is 8.62. The molecule has 2 aromatic heterocycles. The smallest absolute Gasteiger partial charge is 0.195 e. The van der Waals surface area contributed by atoms with E-state index in [2.05, 4.69) is 61.3 Å². The zero-order valence-corrected chi connectivity index (χ0v) is 13.7. The van der Waals surface area contributed by atoms with Gasteiger partial charge in [0.1, 0.15) is 4.88 Å². The molecule has 0 aliphatic carbocycles. The molecule has 19 heavy (non-hydrogen) atoms. The highest BCUT2D eigenvalue weighted by molar-refractivity contribution is 7.71. The molecule has 7 heteroatoms. The average molecular weight is 297 g/mol. The summed E-state index contributed by atoms with van der Waals surface area (Å²) in [4.78, 5) is 0.981. The molecule has 0 amide bonds. The first-order valence-electron chi connectivity index (χ1n) is 6.13. The van der Waals surface area contributed by atoms with Gasteiger partial charge in [0.25, 0.3) is 0 Å². The molecule has 0 saturated heterocycles. The van der Waals surface area contributed by atoms with Crippen molar-refractivity contribution in [3.05, 3.63) is 10.5 Å². The van der Waals surface area contributed by atoms with E-state index in [9.17, 15) is 0 Å². The Labute approximate surface area is 122 Å². The molecule has 2 aromatic rings. The Balaban J connectivity index is 2.69. The minimum absolute atomic E-state index is 0.0708. The van der Waals surface area contributed by atoms with Gasteiger partial charge in [-0.1, -0.05) is 25.3 Å². The van der Waals surface area contributed by atoms with Gasteiger partial charge in [0, 0.05) is 11.0 Å². The number of nitrogens with one attached hydrogen (secondary N) is 1. The second-order valence-electron chi connectivity index (χ2n) is 6.56. The molecule has 2 rings (SSSR count). The van der Waals surface area contributed by atoms with Gasteiger partial charge in [-0.3, -0.25) is 9.67 Å². The Kier molecular flexibility index (Phi) is 3.38. The quantitative estimate of drug-likeness (QED) is 0.818. The van der Waals surface area contributed by atoms with Crippen LogP contribution in [0.15, 0.2) is 0 Å². The van der Waals surface area contributed by atoms with Crippen LogP contribution in [-0.2, 0) is 11.0 Å². The summed E-state index contributed by atoms with van der Waals surface area (Å²) in [7, 11) is 0. The van der Waals surface area contributed by atoms with E-state index in [-0.39, 0.29) is 11.0 Å². The van der Waals surface area contributed by atoms with Crippen molar-refractivity contribution in [3.63, 3.8) is 0 Å². The lowest BCUT2D eigenvalue weighted by Gasteiger charge is -2.23. The maximum Gasteiger partial charge on any atom is 0.195 e. The standard InChI is InChI=1S/C12H19N5S2/c1-11(2,3)8-7(19-16-13-8)9-14-15-10(18)17(9)12(4,5)6/h1-6H3,(H,15,18). The third kappa shape index (κ3) is 2.62. The van der Waals surface area contributed by atoms with Gasteiger partial charge in [-0.25, -0.2) is 0 Å². The van der Waals surface area contributed by atoms with Gasteiger partial charge in [0.15, 0.2) is 10.6 Å². The van der Waals surface area contributed by atoms with E-state index in [1.54, 1.807) is 0 Å². The highest BCUT2D eigenvalue weighted by atomic mass is 32.1. The molecular weight excluding hydrogens is 278 g/mol. The molecule has 0 saturated carbocycles. The topological polar surface area (TPSA) is 59.4 Å². The van der Waals surface area contributed by atoms with Gasteiger partial charge in [0.2, 0.25) is 0 Å². The van der Waals surface area contributed by atoms with Crippen molar-refractivity contribution in [2.45, 2.75) is 52.5 Å². The first kappa shape index (κ1) is 14.3. The van der Waals surface area contributed by atoms with Crippen molar-refractivity contribution in [3.8, 4) is 10.7 Å². The molecule has 2 heterocycles. The maximum atomic E-state index is 5.34. The van der Waals surface area contributed by atoms with E-state index in [1.165, 1.54) is 11.5 Å². The Morgan fingerprint density at radius 2 is 1.79 bits per heavy atom. The fourth-order valence-electron chi connectivity index (χ4n) is 1.90. The fraction of sp³-hybridized carbons (Fsp3) is 0.667. The predicted octanol–water partition coefficient (Wildman–Crippen LogP) is 3.51. The summed E-state index contributed by atoms with van der Waals surface area (Å²) < 4.78 is 6.73. The van der Waals surface area contributed by atoms with Crippen LogP contribution in [0.5, 0.6) is 0 Å². The third-order valence-corrected chi connectivity index (χ3v) is 3.74. The minimum atomic E-state index is -0.140. The summed E-state index contributed by atoms with van der Waals surface area (Å²) in [5.74, 6) is 0.817. The largest absolute Gasteiger partial charge is 0.294 e. The van der Waals surface area contributed by atoms with Crippen LogP contribution >= 0.6 is 23.8 Å². The van der Waals surface area contributed by atoms with E-state index in [1.807, 2.05) is 4.57 Å². The first-order valence-corrected chi connectivity index (χ1v) is 7.31. The molecule has 0 aliphatic rings. The van der Waals surface area contributed by atoms with E-state index < -0.39 is 0 Å². The number of hydrogen-bond acceptors (Lipinski definition) is 5. The Morgan fingerprint density at radius 3 is 2.32 bits per heavy atom. The highest BCUT2D eigenvalue weighted by Crippen LogP contribution is 2.34. The molecule has 0 unspecified atom stereocenters. The van der Waals surface area contributed by atoms with Crippen molar-refractivity contribution in [2.75, 3.05) is 0 Å². The lowest BCUT2D eigenvalue weighted by Crippen LogP contribution is -2.23. The molecule has 0 radical (unpaired) electrons. The van der Waals surface area contributed by atoms with Crippen LogP contribution < -0.4 is 0 Å². The SMILES string of the molecule is CC(C)(C)c1nnsc1-c1n[nH]c(=S)n1C(C)(C)C. The Bertz CT molecular complexity index is 636. The summed E-state index contributed by atoms with van der Waals surface area (Å²) in [6, 6.07) is 0. The second-order valence-corrected chi connectivity index (χ2v) is 7.70. The lowest BCUT2D eigenvalue weighted by molar-refractivity contribution is 0.395. The van der Waals surface area contributed by atoms with Crippen LogP contribution in [0.1, 0.15) is 47.2 Å². The normalized spacial score (nSPS) is 12.9. The van der Waals surface area contributed by atoms with Crippen LogP contribution in [0.4, 0.5) is 0 Å². The summed E-state index contributed by atoms with van der Waals surface area (Å²) in [5, 5.41) is 11.5. The van der Waals surface area contributed by atoms with E-state index in [0.717, 1.165) is 16.4 Å². The number of rotatable bonds is 1. The molecule has 0 aliphatic heterocycles. The summed E-state index contributed by atoms with van der Waals surface area (Å²) >= 11 is 6.70. The molecule has 0 aromatic carbocycles. The van der Waals surface area contributed by atoms with Crippen LogP contribution in [0.2, 0.25) is 0 Å². The predicted molar refractivity (Wildman–Crippen MR) is 80.0 cm³/mol. The van der Waals surface area contributed by atoms with Gasteiger partial charge >= 0.3 is 0 Å². The molecule has 0 fully saturated rings. The van der Waals surface area contributed by atoms with Crippen LogP contribution in [0.25, 0.3) is 10.7 Å². The highest BCUT2D eigenvalue weighted by Gasteiger charge is 2.28. The van der Waals surface area contributed by atoms with Crippen molar-refractivity contribution >= 4 is 23.8 Å². The van der Waals surface area contributed by atoms with Crippen molar-refractivity contribution in [2.24, 2.45) is 0 Å². The number of aromatic nitrogens is 5. The fourth-order valence-corrected chi connectivity index (χ4v) is 3.16. The molecule has 0 spiro atoms. The van der Waals surface area contributed by atoms with Gasteiger partial charge in [0.05, 0.1) is 5.69 Å². The van der Waals surface area contributed by atoms with E-state index >= 15 is 0 Å². The van der Waals surface area contributed by atoms with E-state index in [4.69, 9.17) is 12.2 Å². The van der Waals surface area contributed by atoms with Gasteiger partial charge < -0.3 is 0 Å². The number of aromatic amines is 1. The Hall–Kier alpha value is -1.08. The van der Waals surface area contributed by atoms with Crippen LogP contribution in [0.3, 0.4) is 0 Å². The molecule has 0 bridgehead atoms. The summed E-state index contributed by atoms with van der Waals surface area (Å²) in [6.07, 6.45) is 0. The lowest BCUT2D eigenvalue weighted by atomic mass is 9.91. The average Bonchev–Trinajstić information content (AvgIpc) is 2.79. The van der Waals surface area contributed by atoms with Crippen LogP contribution in [0, 0.1) is 4.77 Å². The van der Waals surface area contributed by atoms with Crippen molar-refractivity contribution in [1.29, 1.82) is 0 Å². The summed E-state index contributed by atoms with van der Waals surface area (Å²) in [5.41, 5.74) is 0.744. The monoisotopic (exact) mass is 297 g/mol. The van der Waals surface area contributed by atoms with Gasteiger partial charge in [-0.05, 0) is 44.5 Å². The molecule has 1 N–H and O–H groups in total. The number of nitrogens with zero attached hydrogens (tertiary/aromatic N) is 4. The second kappa shape index (κ2) is 4.49. The number of hydrogen-bond donors (Lipinski definition) is 1. The van der Waals surface area contributed by atoms with Gasteiger partial charge in [-0.2, -0.15) is 5.10 Å². The molecule has 0 atom stereocenters. The summed E-state index contributed by atoms with van der Waals surface area (Å²) in [6.45, 7) is 12.7. The van der Waals surface area contributed by atoms with Crippen molar-refractivity contribution < 1.29 is 0 Å². The van der Waals surface area contributed by atoms with E-state index in [0.29, 0.717) is 4.77 Å². The third-order valence-electron chi connectivity index (χ3n) is 2.74. The maximum absolute atomic E-state index is 5.34. The van der Waals surface area contributed by atoms with Gasteiger partial charge in [-0.15, -0.1) is 5.10 Å². The van der Waals surface area contributed by atoms with Crippen molar-refractivity contribution in [1.82, 2.24) is 24.4 Å². The zero-order chi connectivity index (χ0) is 14.4. The Morgan fingerprint density at radius 1 is 1.16 bits per heavy atom. The molecule has 5 nitrogen and oxygen atoms in total. The number of H-pyrrole nitrogens is 1.